The molecule has 0 aliphatic heterocycles. The molecule has 0 bridgehead atoms. The van der Waals surface area contributed by atoms with Gasteiger partial charge in [-0.3, -0.25) is 4.79 Å². The monoisotopic (exact) mass is 331 g/mol. The van der Waals surface area contributed by atoms with Gasteiger partial charge in [0.15, 0.2) is 0 Å². The molecule has 0 saturated heterocycles. The first-order chi connectivity index (χ1) is 9.01. The Bertz CT molecular complexity index is 439. The second-order valence-electron chi connectivity index (χ2n) is 4.38. The third kappa shape index (κ3) is 4.28. The maximum absolute atomic E-state index is 13.5. The SMILES string of the molecule is CCC(C)N(CCOC)C(=O)c1ccc(Br)c(F)c1. The van der Waals surface area contributed by atoms with Crippen LogP contribution >= 0.6 is 15.9 Å². The third-order valence-electron chi connectivity index (χ3n) is 3.09. The standard InChI is InChI=1S/C14H19BrFNO2/c1-4-10(2)17(7-8-19-3)14(18)11-5-6-12(15)13(16)9-11/h5-6,9-10H,4,7-8H2,1-3H3. The van der Waals surface area contributed by atoms with Gasteiger partial charge >= 0.3 is 0 Å². The van der Waals surface area contributed by atoms with E-state index >= 15 is 0 Å². The van der Waals surface area contributed by atoms with E-state index in [-0.39, 0.29) is 11.9 Å². The molecule has 0 radical (unpaired) electrons. The molecule has 19 heavy (non-hydrogen) atoms. The summed E-state index contributed by atoms with van der Waals surface area (Å²) in [6.45, 7) is 4.96. The number of carbonyl (C=O) groups excluding carboxylic acids is 1. The fourth-order valence-corrected chi connectivity index (χ4v) is 1.97. The minimum atomic E-state index is -0.429. The molecule has 5 heteroatoms. The number of nitrogens with zero attached hydrogens (tertiary/aromatic N) is 1. The van der Waals surface area contributed by atoms with Crippen molar-refractivity contribution in [3.63, 3.8) is 0 Å². The number of halogens is 2. The summed E-state index contributed by atoms with van der Waals surface area (Å²) < 4.78 is 18.9. The van der Waals surface area contributed by atoms with E-state index < -0.39 is 5.82 Å². The van der Waals surface area contributed by atoms with E-state index in [4.69, 9.17) is 4.74 Å². The average Bonchev–Trinajstić information content (AvgIpc) is 2.41. The average molecular weight is 332 g/mol. The number of hydrogen-bond acceptors (Lipinski definition) is 2. The van der Waals surface area contributed by atoms with Crippen LogP contribution in [0.1, 0.15) is 30.6 Å². The summed E-state index contributed by atoms with van der Waals surface area (Å²) in [7, 11) is 1.60. The Kier molecular flexibility index (Phi) is 6.45. The third-order valence-corrected chi connectivity index (χ3v) is 3.73. The molecule has 0 N–H and O–H groups in total. The van der Waals surface area contributed by atoms with Gasteiger partial charge in [-0.1, -0.05) is 6.92 Å². The zero-order valence-electron chi connectivity index (χ0n) is 11.5. The first kappa shape index (κ1) is 16.1. The second-order valence-corrected chi connectivity index (χ2v) is 5.23. The molecule has 0 aliphatic rings. The van der Waals surface area contributed by atoms with Crippen molar-refractivity contribution in [1.29, 1.82) is 0 Å². The van der Waals surface area contributed by atoms with Crippen molar-refractivity contribution in [2.24, 2.45) is 0 Å². The van der Waals surface area contributed by atoms with Gasteiger partial charge in [-0.05, 0) is 47.5 Å². The van der Waals surface area contributed by atoms with Crippen LogP contribution in [0.2, 0.25) is 0 Å². The van der Waals surface area contributed by atoms with Gasteiger partial charge in [0.1, 0.15) is 5.82 Å². The number of hydrogen-bond donors (Lipinski definition) is 0. The summed E-state index contributed by atoms with van der Waals surface area (Å²) in [6, 6.07) is 4.52. The van der Waals surface area contributed by atoms with Crippen molar-refractivity contribution >= 4 is 21.8 Å². The van der Waals surface area contributed by atoms with Crippen molar-refractivity contribution in [2.45, 2.75) is 26.3 Å². The van der Waals surface area contributed by atoms with Crippen LogP contribution in [0.5, 0.6) is 0 Å². The summed E-state index contributed by atoms with van der Waals surface area (Å²) in [5, 5.41) is 0. The Morgan fingerprint density at radius 3 is 2.74 bits per heavy atom. The first-order valence-corrected chi connectivity index (χ1v) is 7.05. The highest BCUT2D eigenvalue weighted by molar-refractivity contribution is 9.10. The van der Waals surface area contributed by atoms with Crippen molar-refractivity contribution in [1.82, 2.24) is 4.90 Å². The van der Waals surface area contributed by atoms with Gasteiger partial charge in [-0.15, -0.1) is 0 Å². The number of amides is 1. The zero-order chi connectivity index (χ0) is 14.4. The Morgan fingerprint density at radius 1 is 1.53 bits per heavy atom. The number of benzene rings is 1. The summed E-state index contributed by atoms with van der Waals surface area (Å²) >= 11 is 3.08. The molecule has 3 nitrogen and oxygen atoms in total. The highest BCUT2D eigenvalue weighted by Gasteiger charge is 2.20. The van der Waals surface area contributed by atoms with E-state index in [1.165, 1.54) is 6.07 Å². The molecule has 0 spiro atoms. The molecule has 1 amide bonds. The van der Waals surface area contributed by atoms with Gasteiger partial charge < -0.3 is 9.64 Å². The topological polar surface area (TPSA) is 29.5 Å². The molecule has 0 saturated carbocycles. The fourth-order valence-electron chi connectivity index (χ4n) is 1.73. The Labute approximate surface area is 121 Å². The maximum atomic E-state index is 13.5. The quantitative estimate of drug-likeness (QED) is 0.798. The predicted molar refractivity (Wildman–Crippen MR) is 76.8 cm³/mol. The van der Waals surface area contributed by atoms with Gasteiger partial charge in [-0.2, -0.15) is 0 Å². The van der Waals surface area contributed by atoms with E-state index in [1.807, 2.05) is 13.8 Å². The lowest BCUT2D eigenvalue weighted by Crippen LogP contribution is -2.40. The summed E-state index contributed by atoms with van der Waals surface area (Å²) in [4.78, 5) is 14.1. The number of ether oxygens (including phenoxy) is 1. The van der Waals surface area contributed by atoms with E-state index in [1.54, 1.807) is 24.1 Å². The molecule has 1 unspecified atom stereocenters. The molecule has 0 aliphatic carbocycles. The lowest BCUT2D eigenvalue weighted by Gasteiger charge is -2.28. The first-order valence-electron chi connectivity index (χ1n) is 6.26. The Balaban J connectivity index is 2.94. The largest absolute Gasteiger partial charge is 0.383 e. The van der Waals surface area contributed by atoms with Crippen LogP contribution in [0.4, 0.5) is 4.39 Å². The molecule has 0 heterocycles. The van der Waals surface area contributed by atoms with Gasteiger partial charge in [0.05, 0.1) is 11.1 Å². The van der Waals surface area contributed by atoms with Crippen molar-refractivity contribution in [2.75, 3.05) is 20.3 Å². The molecule has 0 fully saturated rings. The van der Waals surface area contributed by atoms with E-state index in [0.29, 0.717) is 23.2 Å². The number of rotatable bonds is 6. The van der Waals surface area contributed by atoms with Crippen molar-refractivity contribution in [3.8, 4) is 0 Å². The smallest absolute Gasteiger partial charge is 0.254 e. The van der Waals surface area contributed by atoms with Gasteiger partial charge in [0.2, 0.25) is 0 Å². The minimum Gasteiger partial charge on any atom is -0.383 e. The second kappa shape index (κ2) is 7.60. The van der Waals surface area contributed by atoms with E-state index in [2.05, 4.69) is 15.9 Å². The maximum Gasteiger partial charge on any atom is 0.254 e. The predicted octanol–water partition coefficient (Wildman–Crippen LogP) is 3.48. The highest BCUT2D eigenvalue weighted by atomic mass is 79.9. The number of methoxy groups -OCH3 is 1. The molecular weight excluding hydrogens is 313 g/mol. The van der Waals surface area contributed by atoms with Gasteiger partial charge in [0, 0.05) is 25.3 Å². The molecule has 1 rings (SSSR count). The van der Waals surface area contributed by atoms with Gasteiger partial charge in [-0.25, -0.2) is 4.39 Å². The molecular formula is C14H19BrFNO2. The van der Waals surface area contributed by atoms with Gasteiger partial charge in [0.25, 0.3) is 5.91 Å². The normalized spacial score (nSPS) is 12.3. The fraction of sp³-hybridized carbons (Fsp3) is 0.500. The molecule has 0 aromatic heterocycles. The van der Waals surface area contributed by atoms with Crippen LogP contribution in [0.15, 0.2) is 22.7 Å². The lowest BCUT2D eigenvalue weighted by atomic mass is 10.1. The Morgan fingerprint density at radius 2 is 2.21 bits per heavy atom. The summed E-state index contributed by atoms with van der Waals surface area (Å²) in [5.41, 5.74) is 0.358. The number of carbonyl (C=O) groups is 1. The zero-order valence-corrected chi connectivity index (χ0v) is 13.0. The molecule has 1 aromatic rings. The lowest BCUT2D eigenvalue weighted by molar-refractivity contribution is 0.0613. The van der Waals surface area contributed by atoms with Crippen LogP contribution in [0, 0.1) is 5.82 Å². The van der Waals surface area contributed by atoms with E-state index in [9.17, 15) is 9.18 Å². The van der Waals surface area contributed by atoms with Crippen LogP contribution < -0.4 is 0 Å². The van der Waals surface area contributed by atoms with Crippen LogP contribution in [0.25, 0.3) is 0 Å². The highest BCUT2D eigenvalue weighted by Crippen LogP contribution is 2.18. The summed E-state index contributed by atoms with van der Waals surface area (Å²) in [6.07, 6.45) is 0.842. The van der Waals surface area contributed by atoms with E-state index in [0.717, 1.165) is 6.42 Å². The molecule has 106 valence electrons. The van der Waals surface area contributed by atoms with Crippen LogP contribution in [0.3, 0.4) is 0 Å². The van der Waals surface area contributed by atoms with Crippen LogP contribution in [-0.2, 0) is 4.74 Å². The van der Waals surface area contributed by atoms with Crippen molar-refractivity contribution in [3.05, 3.63) is 34.1 Å². The van der Waals surface area contributed by atoms with Crippen molar-refractivity contribution < 1.29 is 13.9 Å². The minimum absolute atomic E-state index is 0.0920. The Hall–Kier alpha value is -0.940. The van der Waals surface area contributed by atoms with Crippen LogP contribution in [-0.4, -0.2) is 37.1 Å². The molecule has 1 atom stereocenters. The molecule has 1 aromatic carbocycles. The summed E-state index contributed by atoms with van der Waals surface area (Å²) in [5.74, 6) is -0.598.